The van der Waals surface area contributed by atoms with E-state index in [4.69, 9.17) is 5.73 Å². The van der Waals surface area contributed by atoms with Crippen molar-refractivity contribution in [2.45, 2.75) is 30.8 Å². The third kappa shape index (κ3) is 4.02. The average molecular weight is 586 g/mol. The maximum atomic E-state index is 13.0. The Hall–Kier alpha value is -2.48. The number of aliphatic hydroxyl groups excluding tert-OH is 3. The number of amides is 1. The molecular weight excluding hydrogens is 566 g/mol. The van der Waals surface area contributed by atoms with Gasteiger partial charge in [-0.2, -0.15) is 0 Å². The summed E-state index contributed by atoms with van der Waals surface area (Å²) in [6.07, 6.45) is -3.00. The van der Waals surface area contributed by atoms with Crippen LogP contribution in [0.1, 0.15) is 12.8 Å². The molecule has 4 rings (SSSR count). The number of hydrogen-bond donors (Lipinski definition) is 5. The van der Waals surface area contributed by atoms with Crippen LogP contribution in [0.3, 0.4) is 0 Å². The first-order valence-electron chi connectivity index (χ1n) is 10.3. The summed E-state index contributed by atoms with van der Waals surface area (Å²) in [6, 6.07) is -1.28. The number of halogens is 3. The Morgan fingerprint density at radius 2 is 1.83 bits per heavy atom. The van der Waals surface area contributed by atoms with Gasteiger partial charge in [-0.15, -0.1) is 30.9 Å². The molecule has 36 heavy (non-hydrogen) atoms. The molecule has 0 fully saturated rings. The standard InChI is InChI=1S/C22H20F3N2O8.Y/c1-27(2)15-9-6-7-5-8-11(35-22(23,24)25)4-3-10(28)13(8)16(29)12(7)18(31)21(9,34)19(32)14(17(15)30)20(26)33;/h4,7,9,15,29,31-32,34H,5-6H2,1-2H3,(H2,26,33);/q-1;/t7-,9-,15-,21-;/m0./s1. The molecule has 191 valence electrons. The molecule has 10 nitrogen and oxygen atoms in total. The third-order valence-electron chi connectivity index (χ3n) is 6.72. The van der Waals surface area contributed by atoms with Gasteiger partial charge in [-0.05, 0) is 38.4 Å². The average Bonchev–Trinajstić information content (AvgIpc) is 2.71. The van der Waals surface area contributed by atoms with E-state index in [9.17, 15) is 48.0 Å². The second kappa shape index (κ2) is 9.12. The maximum absolute atomic E-state index is 13.0. The van der Waals surface area contributed by atoms with Gasteiger partial charge < -0.3 is 35.7 Å². The normalized spacial score (nSPS) is 30.2. The molecule has 0 saturated heterocycles. The largest absolute Gasteiger partial charge is 0.561 e. The number of carbonyl (C=O) groups excluding carboxylic acids is 3. The molecular formula is C22H20F3N2O8Y-. The molecule has 0 spiro atoms. The van der Waals surface area contributed by atoms with Crippen LogP contribution in [0.25, 0.3) is 0 Å². The summed E-state index contributed by atoms with van der Waals surface area (Å²) in [5, 5.41) is 44.2. The molecule has 0 heterocycles. The number of likely N-dealkylation sites (N-methyl/N-ethyl adjacent to an activating group) is 1. The van der Waals surface area contributed by atoms with Crippen molar-refractivity contribution in [1.82, 2.24) is 4.90 Å². The molecule has 0 aromatic rings. The van der Waals surface area contributed by atoms with Crippen molar-refractivity contribution >= 4 is 17.5 Å². The zero-order valence-corrected chi connectivity index (χ0v) is 21.7. The minimum Gasteiger partial charge on any atom is -0.520 e. The fraction of sp³-hybridized carbons (Fsp3) is 0.409. The molecule has 4 atom stereocenters. The minimum absolute atomic E-state index is 0. The molecule has 0 aromatic heterocycles. The van der Waals surface area contributed by atoms with Crippen molar-refractivity contribution in [3.63, 3.8) is 0 Å². The van der Waals surface area contributed by atoms with Crippen LogP contribution < -0.4 is 5.73 Å². The number of allylic oxidation sites excluding steroid dienone is 5. The summed E-state index contributed by atoms with van der Waals surface area (Å²) in [5.41, 5.74) is 0.199. The molecule has 1 radical (unpaired) electrons. The zero-order chi connectivity index (χ0) is 26.2. The third-order valence-corrected chi connectivity index (χ3v) is 6.72. The van der Waals surface area contributed by atoms with Crippen LogP contribution in [0.4, 0.5) is 13.2 Å². The predicted octanol–water partition coefficient (Wildman–Crippen LogP) is 0.922. The second-order valence-electron chi connectivity index (χ2n) is 8.86. The van der Waals surface area contributed by atoms with Gasteiger partial charge in [0.15, 0.2) is 11.4 Å². The van der Waals surface area contributed by atoms with Gasteiger partial charge in [-0.25, -0.2) is 0 Å². The first-order chi connectivity index (χ1) is 16.1. The van der Waals surface area contributed by atoms with E-state index in [-0.39, 0.29) is 51.1 Å². The first kappa shape index (κ1) is 28.1. The van der Waals surface area contributed by atoms with Crippen molar-refractivity contribution in [1.29, 1.82) is 0 Å². The fourth-order valence-electron chi connectivity index (χ4n) is 5.38. The first-order valence-corrected chi connectivity index (χ1v) is 10.3. The van der Waals surface area contributed by atoms with Crippen LogP contribution in [-0.4, -0.2) is 74.9 Å². The topological polar surface area (TPSA) is 171 Å². The molecule has 0 saturated carbocycles. The van der Waals surface area contributed by atoms with E-state index < -0.39 is 87.1 Å². The number of Topliss-reactive ketones (excluding diaryl/α,β-unsaturated/α-hetero) is 2. The van der Waals surface area contributed by atoms with Gasteiger partial charge in [0.05, 0.1) is 17.6 Å². The molecule has 0 bridgehead atoms. The Morgan fingerprint density at radius 3 is 2.36 bits per heavy atom. The van der Waals surface area contributed by atoms with Gasteiger partial charge >= 0.3 is 6.36 Å². The minimum atomic E-state index is -5.11. The number of primary amides is 1. The van der Waals surface area contributed by atoms with Crippen LogP contribution in [0, 0.1) is 17.9 Å². The molecule has 0 unspecified atom stereocenters. The number of carbonyl (C=O) groups is 3. The SMILES string of the molecule is CN(C)[C@@H]1C(=O)C(C(N)=O)=C(O)[C@@]2(O)C(O)=C3C(O)=C4C(=O)[C-]=CC(OC(F)(F)F)=C4C[C@H]3C[C@@H]12.[Y]. The van der Waals surface area contributed by atoms with Gasteiger partial charge in [0.25, 0.3) is 5.91 Å². The monoisotopic (exact) mass is 586 g/mol. The van der Waals surface area contributed by atoms with Crippen molar-refractivity contribution in [2.24, 2.45) is 17.6 Å². The van der Waals surface area contributed by atoms with Crippen molar-refractivity contribution in [3.05, 3.63) is 57.5 Å². The van der Waals surface area contributed by atoms with E-state index in [1.165, 1.54) is 19.0 Å². The smallest absolute Gasteiger partial charge is 0.520 e. The Kier molecular flexibility index (Phi) is 7.12. The van der Waals surface area contributed by atoms with E-state index in [2.05, 4.69) is 4.74 Å². The summed E-state index contributed by atoms with van der Waals surface area (Å²) in [7, 11) is 2.88. The summed E-state index contributed by atoms with van der Waals surface area (Å²) >= 11 is 0. The quantitative estimate of drug-likeness (QED) is 0.238. The van der Waals surface area contributed by atoms with Gasteiger partial charge in [0, 0.05) is 50.0 Å². The molecule has 4 aliphatic rings. The van der Waals surface area contributed by atoms with Crippen molar-refractivity contribution in [2.75, 3.05) is 14.1 Å². The van der Waals surface area contributed by atoms with E-state index in [0.29, 0.717) is 6.08 Å². The van der Waals surface area contributed by atoms with Crippen LogP contribution in [-0.2, 0) is 51.8 Å². The van der Waals surface area contributed by atoms with Crippen LogP contribution >= 0.6 is 0 Å². The molecule has 0 aromatic carbocycles. The van der Waals surface area contributed by atoms with Crippen LogP contribution in [0.5, 0.6) is 0 Å². The number of rotatable bonds is 3. The molecule has 6 N–H and O–H groups in total. The van der Waals surface area contributed by atoms with Crippen molar-refractivity contribution < 1.29 is 85.4 Å². The van der Waals surface area contributed by atoms with E-state index in [1.807, 2.05) is 6.08 Å². The van der Waals surface area contributed by atoms with Crippen LogP contribution in [0.15, 0.2) is 51.4 Å². The second-order valence-corrected chi connectivity index (χ2v) is 8.86. The Morgan fingerprint density at radius 1 is 1.22 bits per heavy atom. The Bertz CT molecular complexity index is 1230. The van der Waals surface area contributed by atoms with E-state index >= 15 is 0 Å². The van der Waals surface area contributed by atoms with Gasteiger partial charge in [-0.3, -0.25) is 14.5 Å². The number of nitrogens with zero attached hydrogens (tertiary/aromatic N) is 1. The van der Waals surface area contributed by atoms with E-state index in [0.717, 1.165) is 0 Å². The summed E-state index contributed by atoms with van der Waals surface area (Å²) in [6.45, 7) is 0. The van der Waals surface area contributed by atoms with Gasteiger partial charge in [0.1, 0.15) is 17.1 Å². The predicted molar refractivity (Wildman–Crippen MR) is 109 cm³/mol. The van der Waals surface area contributed by atoms with Crippen molar-refractivity contribution in [3.8, 4) is 0 Å². The van der Waals surface area contributed by atoms with Gasteiger partial charge in [-0.1, -0.05) is 0 Å². The summed E-state index contributed by atoms with van der Waals surface area (Å²) in [5.74, 6) is -9.58. The molecule has 0 aliphatic heterocycles. The zero-order valence-electron chi connectivity index (χ0n) is 18.9. The number of nitrogens with two attached hydrogens (primary N) is 1. The number of ketones is 2. The number of hydrogen-bond acceptors (Lipinski definition) is 9. The van der Waals surface area contributed by atoms with E-state index in [1.54, 1.807) is 0 Å². The fourth-order valence-corrected chi connectivity index (χ4v) is 5.38. The van der Waals surface area contributed by atoms with Crippen LogP contribution in [0.2, 0.25) is 0 Å². The summed E-state index contributed by atoms with van der Waals surface area (Å²) in [4.78, 5) is 38.7. The Labute approximate surface area is 227 Å². The molecule has 1 amide bonds. The number of alkyl halides is 3. The van der Waals surface area contributed by atoms with Gasteiger partial charge in [0.2, 0.25) is 0 Å². The number of ether oxygens (including phenoxy) is 1. The molecule has 4 aliphatic carbocycles. The number of fused-ring (bicyclic) bond motifs is 3. The number of aliphatic hydroxyl groups is 4. The Balaban J connectivity index is 0.00000361. The molecule has 14 heteroatoms. The maximum Gasteiger partial charge on any atom is 0.561 e. The summed E-state index contributed by atoms with van der Waals surface area (Å²) < 4.78 is 42.8.